The van der Waals surface area contributed by atoms with Crippen LogP contribution >= 0.6 is 0 Å². The van der Waals surface area contributed by atoms with Gasteiger partial charge in [0.2, 0.25) is 0 Å². The maximum atomic E-state index is 7.34. The van der Waals surface area contributed by atoms with Crippen molar-refractivity contribution in [3.8, 4) is 44.9 Å². The summed E-state index contributed by atoms with van der Waals surface area (Å²) in [4.78, 5) is 4.75. The molecule has 3 heteroatoms. The minimum Gasteiger partial charge on any atom is -0.454 e. The molecule has 1 aliphatic heterocycles. The molecule has 296 valence electrons. The number of anilines is 6. The quantitative estimate of drug-likeness (QED) is 0.152. The van der Waals surface area contributed by atoms with Gasteiger partial charge < -0.3 is 14.5 Å². The maximum Gasteiger partial charge on any atom is 0.159 e. The molecule has 0 radical (unpaired) electrons. The predicted octanol–water partition coefficient (Wildman–Crippen LogP) is 17.2. The smallest absolute Gasteiger partial charge is 0.159 e. The lowest BCUT2D eigenvalue weighted by molar-refractivity contribution is 0.488. The number of ether oxygens (including phenoxy) is 1. The van der Waals surface area contributed by atoms with Crippen LogP contribution < -0.4 is 14.5 Å². The molecule has 0 bridgehead atoms. The zero-order valence-electron chi connectivity index (χ0n) is 34.4. The molecule has 0 unspecified atom stereocenters. The highest BCUT2D eigenvalue weighted by atomic mass is 16.5. The fraction of sp³-hybridized carbons (Fsp3) is 0. The van der Waals surface area contributed by atoms with Crippen LogP contribution in [-0.4, -0.2) is 0 Å². The van der Waals surface area contributed by atoms with Crippen molar-refractivity contribution in [2.45, 2.75) is 0 Å². The van der Waals surface area contributed by atoms with Gasteiger partial charge in [-0.1, -0.05) is 182 Å². The Bertz CT molecular complexity index is 3470. The van der Waals surface area contributed by atoms with Crippen LogP contribution in [0.25, 0.3) is 65.7 Å². The molecule has 12 rings (SSSR count). The van der Waals surface area contributed by atoms with E-state index in [1.165, 1.54) is 43.8 Å². The predicted molar refractivity (Wildman–Crippen MR) is 265 cm³/mol. The Morgan fingerprint density at radius 1 is 0.302 bits per heavy atom. The summed E-state index contributed by atoms with van der Waals surface area (Å²) in [6.45, 7) is 0. The zero-order valence-corrected chi connectivity index (χ0v) is 34.4. The van der Waals surface area contributed by atoms with Crippen LogP contribution in [0.3, 0.4) is 0 Å². The molecule has 11 aromatic carbocycles. The third-order valence-electron chi connectivity index (χ3n) is 12.4. The topological polar surface area (TPSA) is 15.7 Å². The van der Waals surface area contributed by atoms with Crippen molar-refractivity contribution in [2.24, 2.45) is 0 Å². The Labute approximate surface area is 367 Å². The van der Waals surface area contributed by atoms with E-state index in [4.69, 9.17) is 4.74 Å². The van der Waals surface area contributed by atoms with Gasteiger partial charge in [0.05, 0.1) is 17.1 Å². The normalized spacial score (nSPS) is 11.6. The third-order valence-corrected chi connectivity index (χ3v) is 12.4. The van der Waals surface area contributed by atoms with Gasteiger partial charge in [-0.2, -0.15) is 0 Å². The summed E-state index contributed by atoms with van der Waals surface area (Å²) in [6.07, 6.45) is 0. The van der Waals surface area contributed by atoms with Crippen LogP contribution in [0.15, 0.2) is 243 Å². The van der Waals surface area contributed by atoms with E-state index in [1.807, 2.05) is 0 Å². The van der Waals surface area contributed by atoms with E-state index in [1.54, 1.807) is 0 Å². The largest absolute Gasteiger partial charge is 0.454 e. The van der Waals surface area contributed by atoms with Crippen molar-refractivity contribution in [3.05, 3.63) is 243 Å². The van der Waals surface area contributed by atoms with Gasteiger partial charge in [0.25, 0.3) is 0 Å². The fourth-order valence-electron chi connectivity index (χ4n) is 9.42. The van der Waals surface area contributed by atoms with Gasteiger partial charge in [-0.05, 0) is 110 Å². The lowest BCUT2D eigenvalue weighted by Gasteiger charge is -2.34. The molecular weight excluding hydrogens is 765 g/mol. The van der Waals surface area contributed by atoms with Gasteiger partial charge in [-0.15, -0.1) is 0 Å². The van der Waals surface area contributed by atoms with Crippen molar-refractivity contribution in [3.63, 3.8) is 0 Å². The van der Waals surface area contributed by atoms with Gasteiger partial charge in [0.1, 0.15) is 5.75 Å². The molecule has 0 saturated carbocycles. The summed E-state index contributed by atoms with van der Waals surface area (Å²) in [5, 5.41) is 6.94. The lowest BCUT2D eigenvalue weighted by Crippen LogP contribution is -2.14. The first kappa shape index (κ1) is 36.5. The number of fused-ring (bicyclic) bond motifs is 4. The molecule has 1 aliphatic rings. The second-order valence-corrected chi connectivity index (χ2v) is 16.1. The Hall–Kier alpha value is -8.40. The Morgan fingerprint density at radius 3 is 1.56 bits per heavy atom. The first-order chi connectivity index (χ1) is 31.2. The van der Waals surface area contributed by atoms with E-state index in [0.29, 0.717) is 0 Å². The molecule has 0 amide bonds. The van der Waals surface area contributed by atoms with Crippen molar-refractivity contribution in [1.29, 1.82) is 0 Å². The number of hydrogen-bond acceptors (Lipinski definition) is 3. The molecule has 63 heavy (non-hydrogen) atoms. The van der Waals surface area contributed by atoms with Gasteiger partial charge in [-0.3, -0.25) is 0 Å². The van der Waals surface area contributed by atoms with Crippen molar-refractivity contribution >= 4 is 66.4 Å². The summed E-state index contributed by atoms with van der Waals surface area (Å²) in [7, 11) is 0. The van der Waals surface area contributed by atoms with Crippen LogP contribution in [0.2, 0.25) is 0 Å². The summed E-state index contributed by atoms with van der Waals surface area (Å²) >= 11 is 0. The molecule has 11 aromatic rings. The molecule has 0 atom stereocenters. The van der Waals surface area contributed by atoms with Gasteiger partial charge in [0, 0.05) is 33.4 Å². The average Bonchev–Trinajstić information content (AvgIpc) is 3.36. The Kier molecular flexibility index (Phi) is 8.83. The monoisotopic (exact) mass is 804 g/mol. The number of rotatable bonds is 8. The maximum absolute atomic E-state index is 7.34. The highest BCUT2D eigenvalue weighted by molar-refractivity contribution is 6.12. The second-order valence-electron chi connectivity index (χ2n) is 16.1. The molecule has 0 fully saturated rings. The first-order valence-electron chi connectivity index (χ1n) is 21.5. The lowest BCUT2D eigenvalue weighted by atomic mass is 9.91. The van der Waals surface area contributed by atoms with Crippen LogP contribution in [0.5, 0.6) is 11.5 Å². The van der Waals surface area contributed by atoms with Crippen molar-refractivity contribution < 1.29 is 4.74 Å². The Balaban J connectivity index is 1.06. The average molecular weight is 805 g/mol. The molecule has 0 saturated heterocycles. The summed E-state index contributed by atoms with van der Waals surface area (Å²) in [6, 6.07) is 87.0. The van der Waals surface area contributed by atoms with Gasteiger partial charge in [0.15, 0.2) is 5.75 Å². The third kappa shape index (κ3) is 6.38. The van der Waals surface area contributed by atoms with Crippen LogP contribution in [0, 0.1) is 0 Å². The number of hydrogen-bond donors (Lipinski definition) is 0. The highest BCUT2D eigenvalue weighted by Gasteiger charge is 2.30. The van der Waals surface area contributed by atoms with E-state index in [2.05, 4.69) is 252 Å². The van der Waals surface area contributed by atoms with E-state index in [-0.39, 0.29) is 0 Å². The molecular formula is C60H40N2O. The second kappa shape index (κ2) is 15.3. The van der Waals surface area contributed by atoms with E-state index >= 15 is 0 Å². The summed E-state index contributed by atoms with van der Waals surface area (Å²) in [5.41, 5.74) is 13.2. The van der Waals surface area contributed by atoms with E-state index in [9.17, 15) is 0 Å². The minimum atomic E-state index is 0.809. The molecule has 0 spiro atoms. The standard InChI is InChI=1S/C60H40N2O/c1-3-14-41(15-4-1)44-28-34-49(35-29-44)61(51-38-32-43-18-7-8-20-48(43)40-51)56-39-33-47-22-11-24-53-58(47)60(56)63-57-27-13-26-55(59(53)57)62(54-25-12-21-46-19-9-10-23-52(46)54)50-36-30-45(31-37-50)42-16-5-2-6-17-42/h1-40H. The summed E-state index contributed by atoms with van der Waals surface area (Å²) < 4.78 is 7.34. The van der Waals surface area contributed by atoms with E-state index < -0.39 is 0 Å². The number of benzene rings is 11. The Morgan fingerprint density at radius 2 is 0.825 bits per heavy atom. The molecule has 3 nitrogen and oxygen atoms in total. The van der Waals surface area contributed by atoms with Gasteiger partial charge >= 0.3 is 0 Å². The van der Waals surface area contributed by atoms with Crippen molar-refractivity contribution in [1.82, 2.24) is 0 Å². The highest BCUT2D eigenvalue weighted by Crippen LogP contribution is 2.57. The number of nitrogens with zero attached hydrogens (tertiary/aromatic N) is 2. The van der Waals surface area contributed by atoms with Crippen LogP contribution in [0.4, 0.5) is 34.1 Å². The molecule has 0 aromatic heterocycles. The fourth-order valence-corrected chi connectivity index (χ4v) is 9.42. The SMILES string of the molecule is c1ccc(-c2ccc(N(c3ccc4ccccc4c3)c3ccc4cccc5c4c3Oc3cccc(N(c4ccc(-c6ccccc6)cc4)c4cccc6ccccc46)c3-5)cc2)cc1. The van der Waals surface area contributed by atoms with E-state index in [0.717, 1.165) is 67.5 Å². The van der Waals surface area contributed by atoms with Crippen LogP contribution in [-0.2, 0) is 0 Å². The molecule has 0 N–H and O–H groups in total. The van der Waals surface area contributed by atoms with Crippen LogP contribution in [0.1, 0.15) is 0 Å². The molecule has 1 heterocycles. The van der Waals surface area contributed by atoms with Crippen molar-refractivity contribution in [2.75, 3.05) is 9.80 Å². The van der Waals surface area contributed by atoms with Gasteiger partial charge in [-0.25, -0.2) is 0 Å². The first-order valence-corrected chi connectivity index (χ1v) is 21.5. The summed E-state index contributed by atoms with van der Waals surface area (Å²) in [5.74, 6) is 1.64. The zero-order chi connectivity index (χ0) is 41.7. The molecule has 0 aliphatic carbocycles. The minimum absolute atomic E-state index is 0.809.